The van der Waals surface area contributed by atoms with Crippen molar-refractivity contribution < 1.29 is 8.78 Å². The van der Waals surface area contributed by atoms with Crippen molar-refractivity contribution in [1.82, 2.24) is 30.1 Å². The molecule has 0 radical (unpaired) electrons. The Morgan fingerprint density at radius 1 is 1.09 bits per heavy atom. The van der Waals surface area contributed by atoms with E-state index < -0.39 is 5.82 Å². The number of aromatic nitrogens is 3. The summed E-state index contributed by atoms with van der Waals surface area (Å²) in [4.78, 5) is 16.8. The average Bonchev–Trinajstić information content (AvgIpc) is 2.81. The minimum absolute atomic E-state index is 0.00256. The maximum absolute atomic E-state index is 14.4. The number of piperazine rings is 1. The van der Waals surface area contributed by atoms with Crippen LogP contribution in [0, 0.1) is 17.0 Å². The predicted octanol–water partition coefficient (Wildman–Crippen LogP) is 3.02. The van der Waals surface area contributed by atoms with Gasteiger partial charge in [0.2, 0.25) is 5.95 Å². The molecule has 3 heterocycles. The summed E-state index contributed by atoms with van der Waals surface area (Å²) in [6.45, 7) is 10.1. The summed E-state index contributed by atoms with van der Waals surface area (Å²) in [6, 6.07) is 1.63. The molecule has 0 aromatic carbocycles. The lowest BCUT2D eigenvalue weighted by Gasteiger charge is -2.34. The Morgan fingerprint density at radius 2 is 1.81 bits per heavy atom. The number of nitrogens with zero attached hydrogens (tertiary/aromatic N) is 5. The molecule has 1 aliphatic heterocycles. The smallest absolute Gasteiger partial charge is 0.229 e. The lowest BCUT2D eigenvalue weighted by Crippen LogP contribution is -2.45. The Kier molecular flexibility index (Phi) is 8.57. The molecule has 0 bridgehead atoms. The minimum Gasteiger partial charge on any atom is -0.390 e. The molecule has 2 aromatic rings. The second kappa shape index (κ2) is 11.6. The summed E-state index contributed by atoms with van der Waals surface area (Å²) in [5.74, 6) is -0.519. The topological polar surface area (TPSA) is 93.1 Å². The standard InChI is InChI=1S/C22H30F2N8/c1-3-5-26-12-17(11-25)21-19(24)14-28-22(30-21)29-20-10-16(18(23)13-27-20)15-32-8-6-31(4-2)7-9-32/h10-14,25-26H,3-9,15H2,1-2H3,(H,27,28,29,30)/b17-12+,25-11?. The van der Waals surface area contributed by atoms with E-state index in [1.54, 1.807) is 12.3 Å². The third kappa shape index (κ3) is 6.27. The van der Waals surface area contributed by atoms with E-state index in [1.165, 1.54) is 6.20 Å². The van der Waals surface area contributed by atoms with Crippen molar-refractivity contribution in [1.29, 1.82) is 5.41 Å². The van der Waals surface area contributed by atoms with Gasteiger partial charge < -0.3 is 20.9 Å². The van der Waals surface area contributed by atoms with Crippen molar-refractivity contribution in [3.63, 3.8) is 0 Å². The lowest BCUT2D eigenvalue weighted by molar-refractivity contribution is 0.131. The molecule has 0 saturated carbocycles. The van der Waals surface area contributed by atoms with Gasteiger partial charge in [-0.05, 0) is 19.0 Å². The highest BCUT2D eigenvalue weighted by Gasteiger charge is 2.18. The number of allylic oxidation sites excluding steroid dienone is 1. The van der Waals surface area contributed by atoms with E-state index in [0.717, 1.165) is 51.6 Å². The zero-order valence-electron chi connectivity index (χ0n) is 18.5. The van der Waals surface area contributed by atoms with Gasteiger partial charge >= 0.3 is 0 Å². The van der Waals surface area contributed by atoms with E-state index in [-0.39, 0.29) is 17.5 Å². The van der Waals surface area contributed by atoms with Crippen LogP contribution in [-0.4, -0.2) is 70.2 Å². The monoisotopic (exact) mass is 444 g/mol. The highest BCUT2D eigenvalue weighted by atomic mass is 19.1. The summed E-state index contributed by atoms with van der Waals surface area (Å²) in [5.41, 5.74) is 0.816. The molecule has 32 heavy (non-hydrogen) atoms. The van der Waals surface area contributed by atoms with E-state index >= 15 is 0 Å². The highest BCUT2D eigenvalue weighted by Crippen LogP contribution is 2.20. The van der Waals surface area contributed by atoms with Crippen LogP contribution in [0.1, 0.15) is 31.5 Å². The van der Waals surface area contributed by atoms with E-state index in [0.29, 0.717) is 30.0 Å². The first-order valence-electron chi connectivity index (χ1n) is 10.9. The molecule has 0 spiro atoms. The number of anilines is 2. The molecule has 3 N–H and O–H groups in total. The van der Waals surface area contributed by atoms with E-state index in [4.69, 9.17) is 5.41 Å². The number of pyridine rings is 1. The van der Waals surface area contributed by atoms with Gasteiger partial charge in [0.15, 0.2) is 5.82 Å². The van der Waals surface area contributed by atoms with E-state index in [9.17, 15) is 8.78 Å². The van der Waals surface area contributed by atoms with Gasteiger partial charge in [0.1, 0.15) is 17.3 Å². The second-order valence-electron chi connectivity index (χ2n) is 7.58. The normalized spacial score (nSPS) is 15.6. The third-order valence-electron chi connectivity index (χ3n) is 5.31. The summed E-state index contributed by atoms with van der Waals surface area (Å²) in [5, 5.41) is 13.5. The summed E-state index contributed by atoms with van der Waals surface area (Å²) in [6.07, 6.45) is 5.69. The van der Waals surface area contributed by atoms with Crippen LogP contribution in [0.3, 0.4) is 0 Å². The van der Waals surface area contributed by atoms with Crippen LogP contribution >= 0.6 is 0 Å². The van der Waals surface area contributed by atoms with Gasteiger partial charge in [-0.2, -0.15) is 0 Å². The van der Waals surface area contributed by atoms with Crippen molar-refractivity contribution >= 4 is 23.6 Å². The van der Waals surface area contributed by atoms with Crippen molar-refractivity contribution in [2.75, 3.05) is 44.6 Å². The molecule has 8 nitrogen and oxygen atoms in total. The zero-order valence-corrected chi connectivity index (χ0v) is 18.5. The number of hydrogen-bond donors (Lipinski definition) is 3. The van der Waals surface area contributed by atoms with Crippen LogP contribution in [-0.2, 0) is 6.54 Å². The fourth-order valence-electron chi connectivity index (χ4n) is 3.42. The van der Waals surface area contributed by atoms with Gasteiger partial charge in [-0.3, -0.25) is 4.90 Å². The molecule has 0 atom stereocenters. The summed E-state index contributed by atoms with van der Waals surface area (Å²) in [7, 11) is 0. The first-order valence-corrected chi connectivity index (χ1v) is 10.9. The lowest BCUT2D eigenvalue weighted by atomic mass is 10.2. The van der Waals surface area contributed by atoms with Crippen LogP contribution in [0.5, 0.6) is 0 Å². The van der Waals surface area contributed by atoms with Gasteiger partial charge in [0.05, 0.1) is 12.4 Å². The molecular weight excluding hydrogens is 414 g/mol. The number of halogens is 2. The molecule has 1 fully saturated rings. The Hall–Kier alpha value is -2.98. The van der Waals surface area contributed by atoms with E-state index in [2.05, 4.69) is 42.3 Å². The quantitative estimate of drug-likeness (QED) is 0.383. The fourth-order valence-corrected chi connectivity index (χ4v) is 3.42. The molecule has 1 aliphatic rings. The van der Waals surface area contributed by atoms with Crippen molar-refractivity contribution in [3.05, 3.63) is 47.6 Å². The van der Waals surface area contributed by atoms with Crippen LogP contribution in [0.2, 0.25) is 0 Å². The van der Waals surface area contributed by atoms with E-state index in [1.807, 2.05) is 6.92 Å². The van der Waals surface area contributed by atoms with Crippen LogP contribution < -0.4 is 10.6 Å². The molecule has 3 rings (SSSR count). The Bertz CT molecular complexity index is 942. The SMILES string of the molecule is CCCN/C=C(\C=N)c1nc(Nc2cc(CN3CCN(CC)CC3)c(F)cn2)ncc1F. The van der Waals surface area contributed by atoms with Crippen molar-refractivity contribution in [2.24, 2.45) is 0 Å². The maximum atomic E-state index is 14.4. The number of nitrogens with one attached hydrogen (secondary N) is 3. The number of hydrogen-bond acceptors (Lipinski definition) is 8. The Morgan fingerprint density at radius 3 is 2.50 bits per heavy atom. The molecule has 2 aromatic heterocycles. The van der Waals surface area contributed by atoms with Gasteiger partial charge in [-0.15, -0.1) is 0 Å². The Balaban J connectivity index is 1.74. The van der Waals surface area contributed by atoms with Gasteiger partial charge in [0.25, 0.3) is 0 Å². The van der Waals surface area contributed by atoms with Crippen molar-refractivity contribution in [3.8, 4) is 0 Å². The zero-order chi connectivity index (χ0) is 22.9. The molecule has 0 amide bonds. The maximum Gasteiger partial charge on any atom is 0.229 e. The minimum atomic E-state index is -0.637. The number of rotatable bonds is 10. The molecular formula is C22H30F2N8. The van der Waals surface area contributed by atoms with Gasteiger partial charge in [-0.1, -0.05) is 13.8 Å². The Labute approximate surface area is 187 Å². The largest absolute Gasteiger partial charge is 0.390 e. The van der Waals surface area contributed by atoms with Gasteiger partial charge in [-0.25, -0.2) is 23.7 Å². The number of likely N-dealkylation sites (N-methyl/N-ethyl adjacent to an activating group) is 1. The fraction of sp³-hybridized carbons (Fsp3) is 0.455. The highest BCUT2D eigenvalue weighted by molar-refractivity contribution is 6.07. The summed E-state index contributed by atoms with van der Waals surface area (Å²) >= 11 is 0. The third-order valence-corrected chi connectivity index (χ3v) is 5.31. The second-order valence-corrected chi connectivity index (χ2v) is 7.58. The van der Waals surface area contributed by atoms with Gasteiger partial charge in [0, 0.05) is 62.8 Å². The van der Waals surface area contributed by atoms with Crippen LogP contribution in [0.25, 0.3) is 5.57 Å². The first-order chi connectivity index (χ1) is 15.5. The molecule has 0 aliphatic carbocycles. The molecule has 172 valence electrons. The molecule has 0 unspecified atom stereocenters. The first kappa shape index (κ1) is 23.7. The van der Waals surface area contributed by atoms with Crippen molar-refractivity contribution in [2.45, 2.75) is 26.8 Å². The van der Waals surface area contributed by atoms with Crippen LogP contribution in [0.15, 0.2) is 24.7 Å². The predicted molar refractivity (Wildman–Crippen MR) is 122 cm³/mol. The average molecular weight is 445 g/mol. The molecule has 10 heteroatoms. The summed E-state index contributed by atoms with van der Waals surface area (Å²) < 4.78 is 28.7. The molecule has 1 saturated heterocycles. The van der Waals surface area contributed by atoms with Crippen LogP contribution in [0.4, 0.5) is 20.5 Å².